The lowest BCUT2D eigenvalue weighted by Crippen LogP contribution is -2.48. The number of rotatable bonds is 15. The Kier molecular flexibility index (Phi) is 12.4. The van der Waals surface area contributed by atoms with E-state index in [4.69, 9.17) is 9.53 Å². The lowest BCUT2D eigenvalue weighted by molar-refractivity contribution is -0.137. The van der Waals surface area contributed by atoms with Gasteiger partial charge < -0.3 is 14.6 Å². The van der Waals surface area contributed by atoms with Crippen molar-refractivity contribution in [3.8, 4) is 0 Å². The van der Waals surface area contributed by atoms with Crippen molar-refractivity contribution < 1.29 is 19.4 Å². The van der Waals surface area contributed by atoms with Gasteiger partial charge in [-0.2, -0.15) is 0 Å². The van der Waals surface area contributed by atoms with Crippen molar-refractivity contribution in [3.05, 3.63) is 12.2 Å². The van der Waals surface area contributed by atoms with Crippen LogP contribution in [0.2, 0.25) is 18.1 Å². The van der Waals surface area contributed by atoms with Crippen LogP contribution in [0.3, 0.4) is 0 Å². The summed E-state index contributed by atoms with van der Waals surface area (Å²) >= 11 is 0. The zero-order valence-corrected chi connectivity index (χ0v) is 24.0. The molecule has 5 heteroatoms. The van der Waals surface area contributed by atoms with Crippen molar-refractivity contribution in [2.45, 2.75) is 143 Å². The van der Waals surface area contributed by atoms with Crippen LogP contribution in [0.25, 0.3) is 0 Å². The fraction of sp³-hybridized carbons (Fsp3) is 0.893. The average Bonchev–Trinajstić information content (AvgIpc) is 3.04. The molecule has 0 amide bonds. The van der Waals surface area contributed by atoms with Crippen LogP contribution in [-0.2, 0) is 9.22 Å². The highest BCUT2D eigenvalue weighted by molar-refractivity contribution is 6.74. The number of aliphatic hydroxyl groups is 1. The maximum atomic E-state index is 10.7. The summed E-state index contributed by atoms with van der Waals surface area (Å²) in [5.74, 6) is 0.121. The Morgan fingerprint density at radius 3 is 2.36 bits per heavy atom. The van der Waals surface area contributed by atoms with Crippen molar-refractivity contribution >= 4 is 14.3 Å². The number of allylic oxidation sites excluding steroid dienone is 2. The minimum atomic E-state index is -1.87. The molecule has 2 N–H and O–H groups in total. The van der Waals surface area contributed by atoms with Gasteiger partial charge in [0, 0.05) is 6.42 Å². The van der Waals surface area contributed by atoms with E-state index in [-0.39, 0.29) is 29.1 Å². The second-order valence-electron chi connectivity index (χ2n) is 12.6. The molecule has 0 aromatic rings. The molecule has 0 heterocycles. The quantitative estimate of drug-likeness (QED) is 0.141. The zero-order valence-electron chi connectivity index (χ0n) is 23.0. The SMILES string of the molecule is CCCCC(C)(C)C(CCC1CC[C@@H](O)[C@@H]1CC=CCCCC(=O)O)O[Si](C)(C)C(C)(C)C. The largest absolute Gasteiger partial charge is 0.481 e. The molecule has 0 saturated heterocycles. The molecule has 0 radical (unpaired) electrons. The molecule has 0 bridgehead atoms. The van der Waals surface area contributed by atoms with E-state index in [0.29, 0.717) is 18.3 Å². The third-order valence-electron chi connectivity index (χ3n) is 8.36. The van der Waals surface area contributed by atoms with Gasteiger partial charge in [0.15, 0.2) is 8.32 Å². The highest BCUT2D eigenvalue weighted by Crippen LogP contribution is 2.44. The van der Waals surface area contributed by atoms with Gasteiger partial charge >= 0.3 is 5.97 Å². The number of hydrogen-bond donors (Lipinski definition) is 2. The Morgan fingerprint density at radius 1 is 1.12 bits per heavy atom. The summed E-state index contributed by atoms with van der Waals surface area (Å²) in [6.45, 7) is 18.7. The predicted octanol–water partition coefficient (Wildman–Crippen LogP) is 7.96. The topological polar surface area (TPSA) is 66.8 Å². The molecule has 1 rings (SSSR count). The standard InChI is InChI=1S/C28H54O4Si/c1-9-10-21-28(5,6)25(32-33(7,8)27(2,3)4)20-18-22-17-19-24(29)23(22)15-13-11-12-14-16-26(30)31/h11,13,22-25,29H,9-10,12,14-21H2,1-8H3,(H,30,31)/t22?,23-,24-,25?/m1/s1. The number of aliphatic hydroxyl groups excluding tert-OH is 1. The molecule has 1 aliphatic rings. The van der Waals surface area contributed by atoms with E-state index in [0.717, 1.165) is 38.5 Å². The Morgan fingerprint density at radius 2 is 1.79 bits per heavy atom. The molecule has 0 aromatic carbocycles. The van der Waals surface area contributed by atoms with Crippen LogP contribution < -0.4 is 0 Å². The van der Waals surface area contributed by atoms with Gasteiger partial charge in [-0.05, 0) is 86.7 Å². The van der Waals surface area contributed by atoms with E-state index in [1.165, 1.54) is 19.3 Å². The van der Waals surface area contributed by atoms with Gasteiger partial charge in [0.05, 0.1) is 12.2 Å². The fourth-order valence-corrected chi connectivity index (χ4v) is 6.38. The first-order valence-electron chi connectivity index (χ1n) is 13.4. The second-order valence-corrected chi connectivity index (χ2v) is 17.4. The van der Waals surface area contributed by atoms with Crippen molar-refractivity contribution in [3.63, 3.8) is 0 Å². The summed E-state index contributed by atoms with van der Waals surface area (Å²) in [6, 6.07) is 0. The molecule has 33 heavy (non-hydrogen) atoms. The molecule has 0 aliphatic heterocycles. The van der Waals surface area contributed by atoms with Crippen molar-refractivity contribution in [1.29, 1.82) is 0 Å². The van der Waals surface area contributed by atoms with E-state index in [1.807, 2.05) is 0 Å². The molecule has 0 spiro atoms. The highest BCUT2D eigenvalue weighted by Gasteiger charge is 2.43. The normalized spacial score (nSPS) is 23.4. The fourth-order valence-electron chi connectivity index (χ4n) is 4.88. The minimum Gasteiger partial charge on any atom is -0.481 e. The summed E-state index contributed by atoms with van der Waals surface area (Å²) in [5, 5.41) is 19.6. The van der Waals surface area contributed by atoms with Gasteiger partial charge in [-0.25, -0.2) is 0 Å². The smallest absolute Gasteiger partial charge is 0.303 e. The van der Waals surface area contributed by atoms with Gasteiger partial charge in [0.1, 0.15) is 0 Å². The van der Waals surface area contributed by atoms with Gasteiger partial charge in [-0.3, -0.25) is 4.79 Å². The molecule has 2 unspecified atom stereocenters. The van der Waals surface area contributed by atoms with E-state index >= 15 is 0 Å². The zero-order chi connectivity index (χ0) is 25.3. The molecular formula is C28H54O4Si. The first-order chi connectivity index (χ1) is 15.2. The number of carboxylic acids is 1. The van der Waals surface area contributed by atoms with E-state index in [2.05, 4.69) is 66.8 Å². The van der Waals surface area contributed by atoms with Crippen LogP contribution in [0, 0.1) is 17.3 Å². The Bertz CT molecular complexity index is 606. The first-order valence-corrected chi connectivity index (χ1v) is 16.3. The summed E-state index contributed by atoms with van der Waals surface area (Å²) in [5.41, 5.74) is 0.155. The number of hydrogen-bond acceptors (Lipinski definition) is 3. The first kappa shape index (κ1) is 30.4. The van der Waals surface area contributed by atoms with E-state index in [1.54, 1.807) is 0 Å². The van der Waals surface area contributed by atoms with Gasteiger partial charge in [0.2, 0.25) is 0 Å². The van der Waals surface area contributed by atoms with Crippen molar-refractivity contribution in [2.24, 2.45) is 17.3 Å². The summed E-state index contributed by atoms with van der Waals surface area (Å²) < 4.78 is 7.05. The second kappa shape index (κ2) is 13.4. The Hall–Kier alpha value is -0.653. The van der Waals surface area contributed by atoms with Gasteiger partial charge in [-0.1, -0.05) is 66.5 Å². The summed E-state index contributed by atoms with van der Waals surface area (Å²) in [4.78, 5) is 10.7. The molecule has 1 fully saturated rings. The monoisotopic (exact) mass is 482 g/mol. The van der Waals surface area contributed by atoms with Crippen LogP contribution in [0.5, 0.6) is 0 Å². The third-order valence-corrected chi connectivity index (χ3v) is 12.8. The number of aliphatic carboxylic acids is 1. The maximum Gasteiger partial charge on any atom is 0.303 e. The van der Waals surface area contributed by atoms with Gasteiger partial charge in [0.25, 0.3) is 0 Å². The number of unbranched alkanes of at least 4 members (excludes halogenated alkanes) is 2. The van der Waals surface area contributed by atoms with Crippen LogP contribution in [0.1, 0.15) is 112 Å². The third kappa shape index (κ3) is 10.2. The molecule has 1 aliphatic carbocycles. The predicted molar refractivity (Wildman–Crippen MR) is 142 cm³/mol. The van der Waals surface area contributed by atoms with Crippen LogP contribution in [-0.4, -0.2) is 36.7 Å². The molecule has 4 atom stereocenters. The highest BCUT2D eigenvalue weighted by atomic mass is 28.4. The molecule has 1 saturated carbocycles. The lowest BCUT2D eigenvalue weighted by Gasteiger charge is -2.45. The van der Waals surface area contributed by atoms with Gasteiger partial charge in [-0.15, -0.1) is 0 Å². The Balaban J connectivity index is 2.80. The minimum absolute atomic E-state index is 0.155. The number of carbonyl (C=O) groups is 1. The van der Waals surface area contributed by atoms with Crippen LogP contribution >= 0.6 is 0 Å². The van der Waals surface area contributed by atoms with Crippen LogP contribution in [0.4, 0.5) is 0 Å². The molecule has 0 aromatic heterocycles. The van der Waals surface area contributed by atoms with E-state index in [9.17, 15) is 9.90 Å². The maximum absolute atomic E-state index is 10.7. The number of carboxylic acid groups (broad SMARTS) is 1. The molecule has 4 nitrogen and oxygen atoms in total. The molecular weight excluding hydrogens is 428 g/mol. The van der Waals surface area contributed by atoms with Crippen LogP contribution in [0.15, 0.2) is 12.2 Å². The summed E-state index contributed by atoms with van der Waals surface area (Å²) in [6.07, 6.45) is 14.7. The average molecular weight is 483 g/mol. The lowest BCUT2D eigenvalue weighted by atomic mass is 9.77. The molecule has 194 valence electrons. The van der Waals surface area contributed by atoms with Crippen molar-refractivity contribution in [1.82, 2.24) is 0 Å². The Labute approximate surface area is 205 Å². The van der Waals surface area contributed by atoms with E-state index < -0.39 is 14.3 Å². The van der Waals surface area contributed by atoms with Crippen molar-refractivity contribution in [2.75, 3.05) is 0 Å². The summed E-state index contributed by atoms with van der Waals surface area (Å²) in [7, 11) is -1.87.